The lowest BCUT2D eigenvalue weighted by Gasteiger charge is -2.11. The van der Waals surface area contributed by atoms with Crippen LogP contribution in [0.1, 0.15) is 0 Å². The molecule has 2 nitrogen and oxygen atoms in total. The van der Waals surface area contributed by atoms with Crippen molar-refractivity contribution in [3.05, 3.63) is 84.1 Å². The third-order valence-electron chi connectivity index (χ3n) is 5.22. The summed E-state index contributed by atoms with van der Waals surface area (Å²) in [5.74, 6) is 0. The van der Waals surface area contributed by atoms with Gasteiger partial charge in [0.25, 0.3) is 0 Å². The minimum absolute atomic E-state index is 0.281. The number of fused-ring (bicyclic) bond motifs is 6. The molecule has 0 aliphatic carbocycles. The van der Waals surface area contributed by atoms with Gasteiger partial charge in [-0.25, -0.2) is 9.97 Å². The van der Waals surface area contributed by atoms with E-state index in [2.05, 4.69) is 82.8 Å². The molecule has 0 aliphatic heterocycles. The Morgan fingerprint density at radius 3 is 2.21 bits per heavy atom. The Morgan fingerprint density at radius 1 is 0.679 bits per heavy atom. The van der Waals surface area contributed by atoms with Crippen LogP contribution in [0.4, 0.5) is 0 Å². The maximum atomic E-state index is 6.38. The number of thiophene rings is 1. The first kappa shape index (κ1) is 16.0. The Labute approximate surface area is 170 Å². The zero-order chi connectivity index (χ0) is 18.7. The van der Waals surface area contributed by atoms with Crippen LogP contribution in [0.5, 0.6) is 0 Å². The van der Waals surface area contributed by atoms with Gasteiger partial charge in [0.05, 0.1) is 15.9 Å². The average Bonchev–Trinajstić information content (AvgIpc) is 3.11. The van der Waals surface area contributed by atoms with Crippen molar-refractivity contribution in [1.82, 2.24) is 9.97 Å². The molecule has 0 atom stereocenters. The lowest BCUT2D eigenvalue weighted by molar-refractivity contribution is 1.24. The van der Waals surface area contributed by atoms with Crippen LogP contribution >= 0.6 is 22.9 Å². The summed E-state index contributed by atoms with van der Waals surface area (Å²) >= 11 is 8.10. The van der Waals surface area contributed by atoms with Gasteiger partial charge in [0.1, 0.15) is 0 Å². The second kappa shape index (κ2) is 5.99. The SMILES string of the molecule is Clc1nc(-c2cc3ccccc3c3ccccc23)c2sc3ccccc3c2n1. The fourth-order valence-corrected chi connectivity index (χ4v) is 5.31. The lowest BCUT2D eigenvalue weighted by Crippen LogP contribution is -1.91. The molecule has 0 saturated carbocycles. The molecule has 6 rings (SSSR count). The van der Waals surface area contributed by atoms with E-state index in [1.165, 1.54) is 26.2 Å². The highest BCUT2D eigenvalue weighted by molar-refractivity contribution is 7.26. The van der Waals surface area contributed by atoms with Gasteiger partial charge >= 0.3 is 0 Å². The Morgan fingerprint density at radius 2 is 1.36 bits per heavy atom. The first-order valence-corrected chi connectivity index (χ1v) is 10.2. The summed E-state index contributed by atoms with van der Waals surface area (Å²) in [6, 6.07) is 27.5. The Hall–Kier alpha value is -3.01. The predicted octanol–water partition coefficient (Wildman–Crippen LogP) is 7.47. The maximum Gasteiger partial charge on any atom is 0.223 e. The topological polar surface area (TPSA) is 25.8 Å². The third kappa shape index (κ3) is 2.27. The summed E-state index contributed by atoms with van der Waals surface area (Å²) < 4.78 is 2.27. The fraction of sp³-hybridized carbons (Fsp3) is 0. The Kier molecular flexibility index (Phi) is 3.42. The van der Waals surface area contributed by atoms with E-state index >= 15 is 0 Å². The van der Waals surface area contributed by atoms with Crippen molar-refractivity contribution < 1.29 is 0 Å². The van der Waals surface area contributed by atoms with Gasteiger partial charge in [0.15, 0.2) is 0 Å². The molecule has 6 aromatic rings. The molecule has 0 bridgehead atoms. The Balaban J connectivity index is 1.82. The lowest BCUT2D eigenvalue weighted by atomic mass is 9.95. The van der Waals surface area contributed by atoms with Gasteiger partial charge in [-0.15, -0.1) is 11.3 Å². The summed E-state index contributed by atoms with van der Waals surface area (Å²) in [5.41, 5.74) is 2.92. The standard InChI is InChI=1S/C24H13ClN2S/c25-24-26-21-18-11-5-6-12-20(18)28-23(21)22(27-24)19-13-14-7-1-2-8-15(14)16-9-3-4-10-17(16)19/h1-13H. The van der Waals surface area contributed by atoms with Gasteiger partial charge in [-0.1, -0.05) is 66.7 Å². The van der Waals surface area contributed by atoms with Crippen LogP contribution in [0.15, 0.2) is 78.9 Å². The second-order valence-corrected chi connectivity index (χ2v) is 8.20. The van der Waals surface area contributed by atoms with E-state index in [1.807, 2.05) is 6.07 Å². The number of rotatable bonds is 1. The summed E-state index contributed by atoms with van der Waals surface area (Å²) in [5, 5.41) is 6.24. The van der Waals surface area contributed by atoms with E-state index in [4.69, 9.17) is 11.6 Å². The summed E-state index contributed by atoms with van der Waals surface area (Å²) in [4.78, 5) is 9.25. The number of nitrogens with zero attached hydrogens (tertiary/aromatic N) is 2. The van der Waals surface area contributed by atoms with Crippen molar-refractivity contribution in [1.29, 1.82) is 0 Å². The van der Waals surface area contributed by atoms with E-state index in [0.29, 0.717) is 0 Å². The smallest absolute Gasteiger partial charge is 0.216 e. The van der Waals surface area contributed by atoms with Crippen LogP contribution in [0.2, 0.25) is 5.28 Å². The molecular formula is C24H13ClN2S. The first-order chi connectivity index (χ1) is 13.8. The number of benzene rings is 4. The van der Waals surface area contributed by atoms with E-state index in [1.54, 1.807) is 11.3 Å². The van der Waals surface area contributed by atoms with E-state index in [-0.39, 0.29) is 5.28 Å². The first-order valence-electron chi connectivity index (χ1n) is 9.05. The van der Waals surface area contributed by atoms with Crippen LogP contribution in [0.3, 0.4) is 0 Å². The highest BCUT2D eigenvalue weighted by Crippen LogP contribution is 2.42. The molecule has 28 heavy (non-hydrogen) atoms. The molecular weight excluding hydrogens is 384 g/mol. The second-order valence-electron chi connectivity index (χ2n) is 6.81. The molecule has 0 spiro atoms. The normalized spacial score (nSPS) is 11.8. The molecule has 4 aromatic carbocycles. The van der Waals surface area contributed by atoms with Crippen molar-refractivity contribution >= 4 is 64.8 Å². The van der Waals surface area contributed by atoms with E-state index in [9.17, 15) is 0 Å². The van der Waals surface area contributed by atoms with Crippen molar-refractivity contribution in [2.24, 2.45) is 0 Å². The largest absolute Gasteiger partial charge is 0.223 e. The molecule has 0 unspecified atom stereocenters. The maximum absolute atomic E-state index is 6.38. The average molecular weight is 397 g/mol. The molecule has 0 N–H and O–H groups in total. The number of aromatic nitrogens is 2. The molecule has 0 fully saturated rings. The summed E-state index contributed by atoms with van der Waals surface area (Å²) in [7, 11) is 0. The van der Waals surface area contributed by atoms with Crippen molar-refractivity contribution in [2.75, 3.05) is 0 Å². The third-order valence-corrected chi connectivity index (χ3v) is 6.55. The monoisotopic (exact) mass is 396 g/mol. The van der Waals surface area contributed by atoms with Gasteiger partial charge < -0.3 is 0 Å². The molecule has 0 radical (unpaired) electrons. The van der Waals surface area contributed by atoms with Gasteiger partial charge in [0.2, 0.25) is 5.28 Å². The number of hydrogen-bond donors (Lipinski definition) is 0. The molecule has 2 heterocycles. The zero-order valence-electron chi connectivity index (χ0n) is 14.7. The minimum atomic E-state index is 0.281. The molecule has 0 aliphatic rings. The van der Waals surface area contributed by atoms with Crippen molar-refractivity contribution in [3.8, 4) is 11.3 Å². The van der Waals surface area contributed by atoms with Crippen molar-refractivity contribution in [2.45, 2.75) is 0 Å². The molecule has 4 heteroatoms. The van der Waals surface area contributed by atoms with Crippen molar-refractivity contribution in [3.63, 3.8) is 0 Å². The highest BCUT2D eigenvalue weighted by Gasteiger charge is 2.17. The minimum Gasteiger partial charge on any atom is -0.216 e. The van der Waals surface area contributed by atoms with E-state index < -0.39 is 0 Å². The van der Waals surface area contributed by atoms with Gasteiger partial charge in [-0.2, -0.15) is 0 Å². The van der Waals surface area contributed by atoms with E-state index in [0.717, 1.165) is 26.9 Å². The van der Waals surface area contributed by atoms with Crippen LogP contribution in [-0.4, -0.2) is 9.97 Å². The fourth-order valence-electron chi connectivity index (χ4n) is 4.00. The van der Waals surface area contributed by atoms with Crippen LogP contribution < -0.4 is 0 Å². The molecule has 2 aromatic heterocycles. The summed E-state index contributed by atoms with van der Waals surface area (Å²) in [6.07, 6.45) is 0. The Bertz CT molecular complexity index is 1530. The molecule has 0 saturated heterocycles. The number of hydrogen-bond acceptors (Lipinski definition) is 3. The summed E-state index contributed by atoms with van der Waals surface area (Å²) in [6.45, 7) is 0. The van der Waals surface area contributed by atoms with Crippen LogP contribution in [0, 0.1) is 0 Å². The molecule has 0 amide bonds. The van der Waals surface area contributed by atoms with Gasteiger partial charge in [-0.05, 0) is 45.3 Å². The quantitative estimate of drug-likeness (QED) is 0.213. The van der Waals surface area contributed by atoms with Crippen LogP contribution in [-0.2, 0) is 0 Å². The molecule has 132 valence electrons. The zero-order valence-corrected chi connectivity index (χ0v) is 16.3. The van der Waals surface area contributed by atoms with Crippen LogP contribution in [0.25, 0.3) is 53.1 Å². The highest BCUT2D eigenvalue weighted by atomic mass is 35.5. The van der Waals surface area contributed by atoms with Gasteiger partial charge in [-0.3, -0.25) is 0 Å². The van der Waals surface area contributed by atoms with Gasteiger partial charge in [0, 0.05) is 15.6 Å². The predicted molar refractivity (Wildman–Crippen MR) is 120 cm³/mol. The number of halogens is 1.